The lowest BCUT2D eigenvalue weighted by atomic mass is 9.96. The van der Waals surface area contributed by atoms with Crippen LogP contribution in [0.4, 0.5) is 0 Å². The Bertz CT molecular complexity index is 973. The van der Waals surface area contributed by atoms with Crippen LogP contribution < -0.4 is 4.74 Å². The van der Waals surface area contributed by atoms with E-state index >= 15 is 0 Å². The summed E-state index contributed by atoms with van der Waals surface area (Å²) in [6.45, 7) is 7.68. The Morgan fingerprint density at radius 2 is 1.88 bits per heavy atom. The van der Waals surface area contributed by atoms with E-state index < -0.39 is 0 Å². The molecule has 0 bridgehead atoms. The second-order valence-corrected chi connectivity index (χ2v) is 9.13. The summed E-state index contributed by atoms with van der Waals surface area (Å²) in [5, 5.41) is 0. The number of hydrogen-bond acceptors (Lipinski definition) is 4. The summed E-state index contributed by atoms with van der Waals surface area (Å²) in [7, 11) is 3.94. The van der Waals surface area contributed by atoms with Crippen LogP contribution in [0.3, 0.4) is 0 Å². The van der Waals surface area contributed by atoms with Gasteiger partial charge in [-0.15, -0.1) is 0 Å². The van der Waals surface area contributed by atoms with Crippen LogP contribution in [0.25, 0.3) is 5.69 Å². The molecule has 170 valence electrons. The number of rotatable bonds is 9. The molecule has 32 heavy (non-hydrogen) atoms. The van der Waals surface area contributed by atoms with Crippen molar-refractivity contribution < 1.29 is 4.74 Å². The van der Waals surface area contributed by atoms with Gasteiger partial charge in [0.05, 0.1) is 13.7 Å². The summed E-state index contributed by atoms with van der Waals surface area (Å²) in [5.74, 6) is 2.80. The molecule has 0 unspecified atom stereocenters. The van der Waals surface area contributed by atoms with E-state index in [1.807, 2.05) is 6.20 Å². The SMILES string of the molecule is COc1ccc(CCN2CCC(CN(C)Cc3nccn3-c3cccc(C)c3)CC2)cc1. The molecule has 0 atom stereocenters. The number of hydrogen-bond donors (Lipinski definition) is 0. The fraction of sp³-hybridized carbons (Fsp3) is 0.444. The van der Waals surface area contributed by atoms with Crippen LogP contribution in [-0.2, 0) is 13.0 Å². The third-order valence-electron chi connectivity index (χ3n) is 6.56. The number of aryl methyl sites for hydroxylation is 1. The van der Waals surface area contributed by atoms with E-state index in [4.69, 9.17) is 4.74 Å². The number of imidazole rings is 1. The molecule has 4 rings (SSSR count). The van der Waals surface area contributed by atoms with Crippen molar-refractivity contribution in [2.45, 2.75) is 32.7 Å². The van der Waals surface area contributed by atoms with Gasteiger partial charge in [0.1, 0.15) is 11.6 Å². The Morgan fingerprint density at radius 1 is 1.09 bits per heavy atom. The minimum Gasteiger partial charge on any atom is -0.497 e. The van der Waals surface area contributed by atoms with E-state index in [-0.39, 0.29) is 0 Å². The zero-order valence-electron chi connectivity index (χ0n) is 19.7. The van der Waals surface area contributed by atoms with Crippen LogP contribution in [0.5, 0.6) is 5.75 Å². The van der Waals surface area contributed by atoms with Gasteiger partial charge < -0.3 is 14.2 Å². The highest BCUT2D eigenvalue weighted by molar-refractivity contribution is 5.36. The molecule has 1 aromatic heterocycles. The molecule has 3 aromatic rings. The van der Waals surface area contributed by atoms with Gasteiger partial charge in [-0.3, -0.25) is 4.90 Å². The summed E-state index contributed by atoms with van der Waals surface area (Å²) in [6, 6.07) is 17.1. The molecule has 1 aliphatic heterocycles. The summed E-state index contributed by atoms with van der Waals surface area (Å²) >= 11 is 0. The van der Waals surface area contributed by atoms with Crippen LogP contribution in [0, 0.1) is 12.8 Å². The Kier molecular flexibility index (Phi) is 7.61. The van der Waals surface area contributed by atoms with Crippen molar-refractivity contribution in [2.75, 3.05) is 40.3 Å². The minimum absolute atomic E-state index is 0.764. The summed E-state index contributed by atoms with van der Waals surface area (Å²) in [4.78, 5) is 9.69. The quantitative estimate of drug-likeness (QED) is 0.496. The van der Waals surface area contributed by atoms with E-state index in [0.29, 0.717) is 0 Å². The monoisotopic (exact) mass is 432 g/mol. The fourth-order valence-corrected chi connectivity index (χ4v) is 4.68. The first-order valence-electron chi connectivity index (χ1n) is 11.7. The van der Waals surface area contributed by atoms with Crippen LogP contribution in [0.2, 0.25) is 0 Å². The first-order valence-corrected chi connectivity index (χ1v) is 11.7. The van der Waals surface area contributed by atoms with E-state index in [2.05, 4.69) is 88.1 Å². The van der Waals surface area contributed by atoms with Crippen LogP contribution >= 0.6 is 0 Å². The van der Waals surface area contributed by atoms with Crippen LogP contribution in [0.15, 0.2) is 60.9 Å². The lowest BCUT2D eigenvalue weighted by Gasteiger charge is -2.34. The van der Waals surface area contributed by atoms with E-state index in [1.165, 1.54) is 42.7 Å². The van der Waals surface area contributed by atoms with Gasteiger partial charge in [-0.1, -0.05) is 24.3 Å². The largest absolute Gasteiger partial charge is 0.497 e. The van der Waals surface area contributed by atoms with Gasteiger partial charge >= 0.3 is 0 Å². The Labute approximate surface area is 192 Å². The van der Waals surface area contributed by atoms with E-state index in [0.717, 1.165) is 43.5 Å². The van der Waals surface area contributed by atoms with Crippen molar-refractivity contribution in [2.24, 2.45) is 5.92 Å². The highest BCUT2D eigenvalue weighted by Gasteiger charge is 2.21. The first-order chi connectivity index (χ1) is 15.6. The normalized spacial score (nSPS) is 15.4. The Hall–Kier alpha value is -2.63. The molecular weight excluding hydrogens is 396 g/mol. The van der Waals surface area contributed by atoms with Gasteiger partial charge in [0.15, 0.2) is 0 Å². The molecule has 5 nitrogen and oxygen atoms in total. The number of methoxy groups -OCH3 is 1. The predicted molar refractivity (Wildman–Crippen MR) is 130 cm³/mol. The Balaban J connectivity index is 1.22. The fourth-order valence-electron chi connectivity index (χ4n) is 4.68. The smallest absolute Gasteiger partial charge is 0.127 e. The summed E-state index contributed by atoms with van der Waals surface area (Å²) in [6.07, 6.45) is 7.64. The van der Waals surface area contributed by atoms with Crippen molar-refractivity contribution in [3.05, 3.63) is 77.9 Å². The zero-order valence-corrected chi connectivity index (χ0v) is 19.7. The van der Waals surface area contributed by atoms with Crippen LogP contribution in [-0.4, -0.2) is 59.7 Å². The topological polar surface area (TPSA) is 33.5 Å². The molecule has 0 N–H and O–H groups in total. The lowest BCUT2D eigenvalue weighted by molar-refractivity contribution is 0.152. The molecule has 2 heterocycles. The number of piperidine rings is 1. The summed E-state index contributed by atoms with van der Waals surface area (Å²) < 4.78 is 7.47. The number of aromatic nitrogens is 2. The number of nitrogens with zero attached hydrogens (tertiary/aromatic N) is 4. The maximum absolute atomic E-state index is 5.25. The van der Waals surface area contributed by atoms with Crippen LogP contribution in [0.1, 0.15) is 29.8 Å². The minimum atomic E-state index is 0.764. The average molecular weight is 433 g/mol. The molecule has 1 saturated heterocycles. The number of ether oxygens (including phenoxy) is 1. The highest BCUT2D eigenvalue weighted by atomic mass is 16.5. The third kappa shape index (κ3) is 5.99. The highest BCUT2D eigenvalue weighted by Crippen LogP contribution is 2.20. The van der Waals surface area contributed by atoms with E-state index in [9.17, 15) is 0 Å². The van der Waals surface area contributed by atoms with Gasteiger partial charge in [-0.25, -0.2) is 4.98 Å². The number of benzene rings is 2. The first kappa shape index (κ1) is 22.6. The standard InChI is InChI=1S/C27H36N4O/c1-22-5-4-6-25(19-22)31-18-14-28-27(31)21-29(2)20-24-12-16-30(17-13-24)15-11-23-7-9-26(32-3)10-8-23/h4-10,14,18-19,24H,11-13,15-17,20-21H2,1-3H3. The van der Waals surface area contributed by atoms with E-state index in [1.54, 1.807) is 7.11 Å². The van der Waals surface area contributed by atoms with Crippen molar-refractivity contribution in [1.29, 1.82) is 0 Å². The molecule has 2 aromatic carbocycles. The molecule has 0 saturated carbocycles. The third-order valence-corrected chi connectivity index (χ3v) is 6.56. The average Bonchev–Trinajstić information content (AvgIpc) is 3.27. The Morgan fingerprint density at radius 3 is 2.59 bits per heavy atom. The lowest BCUT2D eigenvalue weighted by Crippen LogP contribution is -2.38. The van der Waals surface area contributed by atoms with Crippen molar-refractivity contribution in [3.8, 4) is 11.4 Å². The second-order valence-electron chi connectivity index (χ2n) is 9.13. The molecule has 1 aliphatic rings. The second kappa shape index (κ2) is 10.8. The molecule has 0 amide bonds. The van der Waals surface area contributed by atoms with Crippen molar-refractivity contribution in [3.63, 3.8) is 0 Å². The molecule has 0 spiro atoms. The molecule has 1 fully saturated rings. The van der Waals surface area contributed by atoms with Gasteiger partial charge in [-0.05, 0) is 87.6 Å². The number of likely N-dealkylation sites (tertiary alicyclic amines) is 1. The molecule has 5 heteroatoms. The van der Waals surface area contributed by atoms with Crippen molar-refractivity contribution >= 4 is 0 Å². The predicted octanol–water partition coefficient (Wildman–Crippen LogP) is 4.58. The molecule has 0 aliphatic carbocycles. The molecule has 0 radical (unpaired) electrons. The van der Waals surface area contributed by atoms with Gasteiger partial charge in [-0.2, -0.15) is 0 Å². The maximum atomic E-state index is 5.25. The van der Waals surface area contributed by atoms with Gasteiger partial charge in [0, 0.05) is 31.2 Å². The maximum Gasteiger partial charge on any atom is 0.127 e. The zero-order chi connectivity index (χ0) is 22.3. The summed E-state index contributed by atoms with van der Waals surface area (Å²) in [5.41, 5.74) is 3.85. The molecular formula is C27H36N4O. The van der Waals surface area contributed by atoms with Gasteiger partial charge in [0.2, 0.25) is 0 Å². The van der Waals surface area contributed by atoms with Crippen molar-refractivity contribution in [1.82, 2.24) is 19.4 Å². The van der Waals surface area contributed by atoms with Gasteiger partial charge in [0.25, 0.3) is 0 Å².